The highest BCUT2D eigenvalue weighted by atomic mass is 19.4. The van der Waals surface area contributed by atoms with Crippen molar-refractivity contribution < 1.29 is 13.2 Å². The molecule has 0 fully saturated rings. The molecular weight excluding hydrogens is 355 g/mol. The number of halogens is 3. The number of aryl methyl sites for hydroxylation is 2. The molecule has 3 rings (SSSR count). The van der Waals surface area contributed by atoms with E-state index in [0.717, 1.165) is 40.1 Å². The molecule has 0 radical (unpaired) electrons. The van der Waals surface area contributed by atoms with Crippen molar-refractivity contribution in [3.63, 3.8) is 0 Å². The van der Waals surface area contributed by atoms with Gasteiger partial charge in [0.15, 0.2) is 0 Å². The molecule has 0 atom stereocenters. The van der Waals surface area contributed by atoms with Gasteiger partial charge >= 0.3 is 6.18 Å². The number of aromatic nitrogens is 3. The van der Waals surface area contributed by atoms with Gasteiger partial charge in [-0.3, -0.25) is 0 Å². The van der Waals surface area contributed by atoms with Crippen molar-refractivity contribution in [3.05, 3.63) is 47.9 Å². The van der Waals surface area contributed by atoms with Gasteiger partial charge in [0.05, 0.1) is 24.6 Å². The van der Waals surface area contributed by atoms with Gasteiger partial charge in [0.1, 0.15) is 11.3 Å². The highest BCUT2D eigenvalue weighted by molar-refractivity contribution is 5.79. The van der Waals surface area contributed by atoms with E-state index in [1.807, 2.05) is 54.8 Å². The highest BCUT2D eigenvalue weighted by Gasteiger charge is 2.26. The zero-order valence-corrected chi connectivity index (χ0v) is 15.5. The molecule has 27 heavy (non-hydrogen) atoms. The number of rotatable bonds is 6. The van der Waals surface area contributed by atoms with E-state index in [0.29, 0.717) is 0 Å². The Bertz CT molecular complexity index is 933. The summed E-state index contributed by atoms with van der Waals surface area (Å²) in [7, 11) is 3.86. The summed E-state index contributed by atoms with van der Waals surface area (Å²) in [5, 5.41) is 2.44. The largest absolute Gasteiger partial charge is 0.401 e. The topological polar surface area (TPSA) is 46.0 Å². The minimum Gasteiger partial charge on any atom is -0.334 e. The lowest BCUT2D eigenvalue weighted by atomic mass is 10.1. The molecule has 0 amide bonds. The molecular formula is C19H22F3N5. The summed E-state index contributed by atoms with van der Waals surface area (Å²) >= 11 is 0. The Morgan fingerprint density at radius 2 is 1.96 bits per heavy atom. The first-order valence-corrected chi connectivity index (χ1v) is 8.68. The first-order chi connectivity index (χ1) is 12.8. The minimum atomic E-state index is -4.20. The number of alkyl halides is 3. The van der Waals surface area contributed by atoms with Gasteiger partial charge in [-0.1, -0.05) is 19.1 Å². The van der Waals surface area contributed by atoms with Gasteiger partial charge in [0.25, 0.3) is 0 Å². The summed E-state index contributed by atoms with van der Waals surface area (Å²) in [5.41, 5.74) is 4.67. The highest BCUT2D eigenvalue weighted by Crippen LogP contribution is 2.28. The second-order valence-electron chi connectivity index (χ2n) is 6.48. The lowest BCUT2D eigenvalue weighted by molar-refractivity contribution is -0.125. The first kappa shape index (κ1) is 19.2. The summed E-state index contributed by atoms with van der Waals surface area (Å²) in [6.45, 7) is 1.21. The Morgan fingerprint density at radius 1 is 1.19 bits per heavy atom. The molecule has 144 valence electrons. The summed E-state index contributed by atoms with van der Waals surface area (Å²) < 4.78 is 38.8. The number of pyridine rings is 1. The molecule has 2 heterocycles. The van der Waals surface area contributed by atoms with Crippen molar-refractivity contribution in [1.82, 2.24) is 19.9 Å². The van der Waals surface area contributed by atoms with E-state index < -0.39 is 12.7 Å². The molecule has 3 aromatic rings. The molecule has 5 nitrogen and oxygen atoms in total. The molecule has 0 aliphatic carbocycles. The fourth-order valence-corrected chi connectivity index (χ4v) is 3.03. The molecule has 0 spiro atoms. The molecule has 0 saturated heterocycles. The van der Waals surface area contributed by atoms with Crippen molar-refractivity contribution in [2.75, 3.05) is 18.5 Å². The van der Waals surface area contributed by atoms with Crippen LogP contribution >= 0.6 is 0 Å². The summed E-state index contributed by atoms with van der Waals surface area (Å²) in [4.78, 5) is 10.7. The van der Waals surface area contributed by atoms with Crippen molar-refractivity contribution in [2.45, 2.75) is 26.1 Å². The van der Waals surface area contributed by atoms with Gasteiger partial charge in [0.2, 0.25) is 0 Å². The predicted octanol–water partition coefficient (Wildman–Crippen LogP) is 3.95. The summed E-state index contributed by atoms with van der Waals surface area (Å²) in [5.74, 6) is 0.781. The van der Waals surface area contributed by atoms with Crippen LogP contribution in [0.2, 0.25) is 0 Å². The molecule has 0 unspecified atom stereocenters. The van der Waals surface area contributed by atoms with Crippen molar-refractivity contribution in [1.29, 1.82) is 0 Å². The van der Waals surface area contributed by atoms with Crippen molar-refractivity contribution in [2.24, 2.45) is 7.05 Å². The maximum absolute atomic E-state index is 12.3. The van der Waals surface area contributed by atoms with E-state index in [9.17, 15) is 13.2 Å². The van der Waals surface area contributed by atoms with Gasteiger partial charge in [-0.25, -0.2) is 9.97 Å². The van der Waals surface area contributed by atoms with E-state index >= 15 is 0 Å². The van der Waals surface area contributed by atoms with Gasteiger partial charge in [-0.2, -0.15) is 13.2 Å². The second kappa shape index (κ2) is 7.56. The normalized spacial score (nSPS) is 11.9. The molecule has 2 aromatic heterocycles. The standard InChI is InChI=1S/C19H22F3N5/c1-4-14-7-13(9-23-11-19(20,21)22)5-6-16(14)27(3)18-8-17-15(10-24-18)25-12-26(17)2/h5-8,10,12,23H,4,9,11H2,1-3H3. The fourth-order valence-electron chi connectivity index (χ4n) is 3.03. The number of nitrogens with one attached hydrogen (secondary N) is 1. The van der Waals surface area contributed by atoms with Crippen LogP contribution in [0.3, 0.4) is 0 Å². The van der Waals surface area contributed by atoms with Crippen LogP contribution in [-0.2, 0) is 20.0 Å². The third kappa shape index (κ3) is 4.39. The number of hydrogen-bond acceptors (Lipinski definition) is 4. The maximum Gasteiger partial charge on any atom is 0.401 e. The number of benzene rings is 1. The average molecular weight is 377 g/mol. The molecule has 0 saturated carbocycles. The monoisotopic (exact) mass is 377 g/mol. The number of nitrogens with zero attached hydrogens (tertiary/aromatic N) is 4. The third-order valence-corrected chi connectivity index (χ3v) is 4.48. The maximum atomic E-state index is 12.3. The molecule has 0 bridgehead atoms. The van der Waals surface area contributed by atoms with Crippen LogP contribution in [0.25, 0.3) is 11.0 Å². The van der Waals surface area contributed by atoms with E-state index in [-0.39, 0.29) is 6.54 Å². The van der Waals surface area contributed by atoms with Crippen LogP contribution in [0.5, 0.6) is 0 Å². The molecule has 1 aromatic carbocycles. The Labute approximate surface area is 155 Å². The predicted molar refractivity (Wildman–Crippen MR) is 100 cm³/mol. The summed E-state index contributed by atoms with van der Waals surface area (Å²) in [6.07, 6.45) is 0.0448. The zero-order chi connectivity index (χ0) is 19.6. The lowest BCUT2D eigenvalue weighted by Gasteiger charge is -2.22. The smallest absolute Gasteiger partial charge is 0.334 e. The number of anilines is 2. The number of imidazole rings is 1. The Kier molecular flexibility index (Phi) is 5.36. The van der Waals surface area contributed by atoms with Crippen LogP contribution in [0.4, 0.5) is 24.7 Å². The van der Waals surface area contributed by atoms with E-state index in [1.54, 1.807) is 12.5 Å². The van der Waals surface area contributed by atoms with Gasteiger partial charge < -0.3 is 14.8 Å². The lowest BCUT2D eigenvalue weighted by Crippen LogP contribution is -2.28. The third-order valence-electron chi connectivity index (χ3n) is 4.48. The molecule has 8 heteroatoms. The van der Waals surface area contributed by atoms with E-state index in [2.05, 4.69) is 15.3 Å². The quantitative estimate of drug-likeness (QED) is 0.707. The van der Waals surface area contributed by atoms with Gasteiger partial charge in [-0.15, -0.1) is 0 Å². The molecule has 1 N–H and O–H groups in total. The molecule has 0 aliphatic rings. The van der Waals surface area contributed by atoms with Crippen LogP contribution in [0.15, 0.2) is 36.8 Å². The van der Waals surface area contributed by atoms with Crippen LogP contribution in [-0.4, -0.2) is 34.3 Å². The van der Waals surface area contributed by atoms with Gasteiger partial charge in [-0.05, 0) is 23.6 Å². The van der Waals surface area contributed by atoms with Crippen molar-refractivity contribution in [3.8, 4) is 0 Å². The SMILES string of the molecule is CCc1cc(CNCC(F)(F)F)ccc1N(C)c1cc2c(cn1)ncn2C. The first-order valence-electron chi connectivity index (χ1n) is 8.68. The van der Waals surface area contributed by atoms with E-state index in [4.69, 9.17) is 0 Å². The average Bonchev–Trinajstić information content (AvgIpc) is 3.00. The Hall–Kier alpha value is -2.61. The van der Waals surface area contributed by atoms with Gasteiger partial charge in [0, 0.05) is 32.4 Å². The van der Waals surface area contributed by atoms with E-state index in [1.165, 1.54) is 0 Å². The van der Waals surface area contributed by atoms with Crippen LogP contribution in [0.1, 0.15) is 18.1 Å². The number of fused-ring (bicyclic) bond motifs is 1. The number of hydrogen-bond donors (Lipinski definition) is 1. The Balaban J connectivity index is 1.82. The fraction of sp³-hybridized carbons (Fsp3) is 0.368. The van der Waals surface area contributed by atoms with Crippen molar-refractivity contribution >= 4 is 22.5 Å². The second-order valence-corrected chi connectivity index (χ2v) is 6.48. The summed E-state index contributed by atoms with van der Waals surface area (Å²) in [6, 6.07) is 7.69. The minimum absolute atomic E-state index is 0.176. The Morgan fingerprint density at radius 3 is 2.67 bits per heavy atom. The zero-order valence-electron chi connectivity index (χ0n) is 15.5. The molecule has 0 aliphatic heterocycles. The van der Waals surface area contributed by atoms with Crippen LogP contribution < -0.4 is 10.2 Å². The van der Waals surface area contributed by atoms with Crippen LogP contribution in [0, 0.1) is 0 Å².